The van der Waals surface area contributed by atoms with Gasteiger partial charge in [-0.05, 0) is 30.0 Å². The van der Waals surface area contributed by atoms with E-state index in [1.165, 1.54) is 12.1 Å². The lowest BCUT2D eigenvalue weighted by Gasteiger charge is -2.31. The first kappa shape index (κ1) is 19.1. The van der Waals surface area contributed by atoms with E-state index in [0.29, 0.717) is 27.2 Å². The van der Waals surface area contributed by atoms with Crippen LogP contribution < -0.4 is 16.4 Å². The molecule has 1 saturated heterocycles. The number of nitrogen functional groups attached to an aromatic ring is 1. The fourth-order valence-corrected chi connectivity index (χ4v) is 4.53. The van der Waals surface area contributed by atoms with E-state index in [4.69, 9.17) is 11.5 Å². The number of aromatic carboxylic acids is 1. The molecule has 1 aliphatic heterocycles. The van der Waals surface area contributed by atoms with Crippen LogP contribution in [0.5, 0.6) is 0 Å². The molecule has 150 valence electrons. The number of carboxylic acids is 1. The molecule has 0 aliphatic carbocycles. The summed E-state index contributed by atoms with van der Waals surface area (Å²) in [6.07, 6.45) is 1.66. The number of nitro benzene ring substituents is 1. The van der Waals surface area contributed by atoms with E-state index in [0.717, 1.165) is 37.3 Å². The minimum Gasteiger partial charge on any atom is -0.477 e. The first-order chi connectivity index (χ1) is 13.8. The molecule has 2 aromatic heterocycles. The summed E-state index contributed by atoms with van der Waals surface area (Å²) in [7, 11) is 0. The molecule has 10 heteroatoms. The SMILES string of the molecule is Nc1c(C(=O)O)sc2nc(N3CCC(N)CC3)cc(-c3cccc([N+](=O)[O-])c3)c12. The van der Waals surface area contributed by atoms with Crippen LogP contribution >= 0.6 is 11.3 Å². The molecule has 0 unspecified atom stereocenters. The maximum atomic E-state index is 11.6. The third-order valence-electron chi connectivity index (χ3n) is 5.11. The Balaban J connectivity index is 1.93. The van der Waals surface area contributed by atoms with E-state index in [2.05, 4.69) is 9.88 Å². The molecular formula is C19H19N5O4S. The smallest absolute Gasteiger partial charge is 0.348 e. The van der Waals surface area contributed by atoms with Crippen molar-refractivity contribution in [3.8, 4) is 11.1 Å². The van der Waals surface area contributed by atoms with E-state index < -0.39 is 10.9 Å². The number of nitrogens with zero attached hydrogens (tertiary/aromatic N) is 3. The Bertz CT molecular complexity index is 1120. The molecule has 1 aliphatic rings. The normalized spacial score (nSPS) is 15.0. The number of carboxylic acid groups (broad SMARTS) is 1. The average molecular weight is 413 g/mol. The number of rotatable bonds is 4. The zero-order chi connectivity index (χ0) is 20.7. The number of pyridine rings is 1. The number of benzene rings is 1. The zero-order valence-corrected chi connectivity index (χ0v) is 16.2. The second kappa shape index (κ2) is 7.30. The molecule has 3 aromatic rings. The summed E-state index contributed by atoms with van der Waals surface area (Å²) in [6.45, 7) is 1.47. The van der Waals surface area contributed by atoms with Crippen molar-refractivity contribution in [2.24, 2.45) is 5.73 Å². The van der Waals surface area contributed by atoms with Gasteiger partial charge in [0.05, 0.1) is 10.6 Å². The standard InChI is InChI=1S/C19H19N5O4S/c20-11-4-6-23(7-5-11)14-9-13(10-2-1-3-12(8-10)24(27)28)15-16(21)17(19(25)26)29-18(15)22-14/h1-3,8-9,11H,4-7,20-21H2,(H,25,26). The predicted octanol–water partition coefficient (Wildman–Crippen LogP) is 3.08. The largest absolute Gasteiger partial charge is 0.477 e. The molecule has 1 fully saturated rings. The molecule has 29 heavy (non-hydrogen) atoms. The van der Waals surface area contributed by atoms with Gasteiger partial charge in [0.2, 0.25) is 0 Å². The number of fused-ring (bicyclic) bond motifs is 1. The highest BCUT2D eigenvalue weighted by atomic mass is 32.1. The van der Waals surface area contributed by atoms with Crippen molar-refractivity contribution in [3.63, 3.8) is 0 Å². The summed E-state index contributed by atoms with van der Waals surface area (Å²) in [4.78, 5) is 29.6. The molecule has 1 aromatic carbocycles. The number of hydrogen-bond acceptors (Lipinski definition) is 8. The highest BCUT2D eigenvalue weighted by Gasteiger charge is 2.24. The minimum atomic E-state index is -1.12. The molecule has 9 nitrogen and oxygen atoms in total. The van der Waals surface area contributed by atoms with E-state index >= 15 is 0 Å². The molecule has 0 atom stereocenters. The Morgan fingerprint density at radius 2 is 2.03 bits per heavy atom. The zero-order valence-electron chi connectivity index (χ0n) is 15.4. The van der Waals surface area contributed by atoms with Crippen molar-refractivity contribution in [1.82, 2.24) is 4.98 Å². The lowest BCUT2D eigenvalue weighted by molar-refractivity contribution is -0.384. The lowest BCUT2D eigenvalue weighted by atomic mass is 10.0. The first-order valence-corrected chi connectivity index (χ1v) is 9.88. The van der Waals surface area contributed by atoms with Crippen LogP contribution in [-0.4, -0.2) is 40.1 Å². The molecule has 3 heterocycles. The number of nitro groups is 1. The molecule has 5 N–H and O–H groups in total. The van der Waals surface area contributed by atoms with E-state index in [1.54, 1.807) is 12.1 Å². The van der Waals surface area contributed by atoms with Gasteiger partial charge in [0.1, 0.15) is 15.5 Å². The number of piperidine rings is 1. The van der Waals surface area contributed by atoms with Crippen molar-refractivity contribution in [1.29, 1.82) is 0 Å². The number of carbonyl (C=O) groups is 1. The van der Waals surface area contributed by atoms with Crippen LogP contribution in [0, 0.1) is 10.1 Å². The van der Waals surface area contributed by atoms with Gasteiger partial charge in [-0.2, -0.15) is 0 Å². The Morgan fingerprint density at radius 1 is 1.31 bits per heavy atom. The molecule has 0 bridgehead atoms. The second-order valence-electron chi connectivity index (χ2n) is 6.99. The van der Waals surface area contributed by atoms with Gasteiger partial charge in [-0.15, -0.1) is 11.3 Å². The van der Waals surface area contributed by atoms with Crippen molar-refractivity contribution >= 4 is 44.7 Å². The molecule has 0 amide bonds. The van der Waals surface area contributed by atoms with Crippen LogP contribution in [-0.2, 0) is 0 Å². The molecular weight excluding hydrogens is 394 g/mol. The summed E-state index contributed by atoms with van der Waals surface area (Å²) in [5.74, 6) is -0.440. The fraction of sp³-hybridized carbons (Fsp3) is 0.263. The summed E-state index contributed by atoms with van der Waals surface area (Å²) >= 11 is 1.01. The van der Waals surface area contributed by atoms with Gasteiger partial charge in [-0.1, -0.05) is 12.1 Å². The highest BCUT2D eigenvalue weighted by molar-refractivity contribution is 7.21. The lowest BCUT2D eigenvalue weighted by Crippen LogP contribution is -2.40. The van der Waals surface area contributed by atoms with Gasteiger partial charge in [-0.25, -0.2) is 9.78 Å². The number of thiophene rings is 1. The number of non-ortho nitro benzene ring substituents is 1. The van der Waals surface area contributed by atoms with Crippen molar-refractivity contribution in [2.75, 3.05) is 23.7 Å². The summed E-state index contributed by atoms with van der Waals surface area (Å²) < 4.78 is 0. The predicted molar refractivity (Wildman–Crippen MR) is 113 cm³/mol. The second-order valence-corrected chi connectivity index (χ2v) is 7.99. The fourth-order valence-electron chi connectivity index (χ4n) is 3.57. The Labute approximate surface area is 169 Å². The van der Waals surface area contributed by atoms with Crippen LogP contribution in [0.15, 0.2) is 30.3 Å². The van der Waals surface area contributed by atoms with Gasteiger partial charge in [0, 0.05) is 36.7 Å². The number of hydrogen-bond donors (Lipinski definition) is 3. The van der Waals surface area contributed by atoms with Gasteiger partial charge in [-0.3, -0.25) is 10.1 Å². The van der Waals surface area contributed by atoms with Gasteiger partial charge < -0.3 is 21.5 Å². The van der Waals surface area contributed by atoms with Crippen LogP contribution in [0.25, 0.3) is 21.3 Å². The van der Waals surface area contributed by atoms with Gasteiger partial charge in [0.15, 0.2) is 0 Å². The molecule has 4 rings (SSSR count). The molecule has 0 saturated carbocycles. The number of anilines is 2. The average Bonchev–Trinajstić information content (AvgIpc) is 3.05. The Hall–Kier alpha value is -3.24. The van der Waals surface area contributed by atoms with Crippen LogP contribution in [0.1, 0.15) is 22.5 Å². The molecule has 0 spiro atoms. The van der Waals surface area contributed by atoms with E-state index in [-0.39, 0.29) is 22.3 Å². The van der Waals surface area contributed by atoms with Gasteiger partial charge >= 0.3 is 5.97 Å². The maximum Gasteiger partial charge on any atom is 0.348 e. The molecule has 0 radical (unpaired) electrons. The first-order valence-electron chi connectivity index (χ1n) is 9.07. The summed E-state index contributed by atoms with van der Waals surface area (Å²) in [5.41, 5.74) is 13.4. The topological polar surface area (TPSA) is 149 Å². The summed E-state index contributed by atoms with van der Waals surface area (Å²) in [5, 5.41) is 21.2. The minimum absolute atomic E-state index is 0.0111. The van der Waals surface area contributed by atoms with Crippen LogP contribution in [0.4, 0.5) is 17.2 Å². The van der Waals surface area contributed by atoms with E-state index in [1.807, 2.05) is 6.07 Å². The van der Waals surface area contributed by atoms with Crippen LogP contribution in [0.2, 0.25) is 0 Å². The third-order valence-corrected chi connectivity index (χ3v) is 6.20. The summed E-state index contributed by atoms with van der Waals surface area (Å²) in [6, 6.07) is 8.20. The Kier molecular flexibility index (Phi) is 4.81. The quantitative estimate of drug-likeness (QED) is 0.436. The third kappa shape index (κ3) is 3.47. The van der Waals surface area contributed by atoms with E-state index in [9.17, 15) is 20.0 Å². The van der Waals surface area contributed by atoms with Crippen molar-refractivity contribution in [3.05, 3.63) is 45.3 Å². The highest BCUT2D eigenvalue weighted by Crippen LogP contribution is 2.42. The Morgan fingerprint density at radius 3 is 2.69 bits per heavy atom. The van der Waals surface area contributed by atoms with Gasteiger partial charge in [0.25, 0.3) is 5.69 Å². The van der Waals surface area contributed by atoms with Crippen molar-refractivity contribution < 1.29 is 14.8 Å². The number of aromatic nitrogens is 1. The van der Waals surface area contributed by atoms with Crippen molar-refractivity contribution in [2.45, 2.75) is 18.9 Å². The monoisotopic (exact) mass is 413 g/mol. The maximum absolute atomic E-state index is 11.6. The van der Waals surface area contributed by atoms with Crippen LogP contribution in [0.3, 0.4) is 0 Å². The number of nitrogens with two attached hydrogens (primary N) is 2.